The summed E-state index contributed by atoms with van der Waals surface area (Å²) in [5.41, 5.74) is 0.969. The first kappa shape index (κ1) is 24.2. The normalized spacial score (nSPS) is 11.1. The largest absolute Gasteiger partial charge is 0.497 e. The quantitative estimate of drug-likeness (QED) is 0.504. The van der Waals surface area contributed by atoms with E-state index in [1.165, 1.54) is 25.3 Å². The van der Waals surface area contributed by atoms with Crippen molar-refractivity contribution in [2.24, 2.45) is 0 Å². The molecule has 0 fully saturated rings. The number of hydrogen-bond acceptors (Lipinski definition) is 6. The van der Waals surface area contributed by atoms with Crippen molar-refractivity contribution in [1.29, 1.82) is 0 Å². The van der Waals surface area contributed by atoms with Gasteiger partial charge in [-0.3, -0.25) is 9.59 Å². The summed E-state index contributed by atoms with van der Waals surface area (Å²) in [6.07, 6.45) is 0. The molecule has 0 unspecified atom stereocenters. The first-order valence-corrected chi connectivity index (χ1v) is 11.0. The number of amides is 2. The SMILES string of the molecule is COc1ccc(CNC(=O)CNC(=O)c2ccc(OC)c(S(=O)(=O)NC(C)C)c2)cc1. The van der Waals surface area contributed by atoms with Crippen LogP contribution in [0.5, 0.6) is 11.5 Å². The van der Waals surface area contributed by atoms with Crippen molar-refractivity contribution >= 4 is 21.8 Å². The predicted molar refractivity (Wildman–Crippen MR) is 116 cm³/mol. The summed E-state index contributed by atoms with van der Waals surface area (Å²) in [7, 11) is -0.962. The fourth-order valence-corrected chi connectivity index (χ4v) is 4.12. The third kappa shape index (κ3) is 6.97. The lowest BCUT2D eigenvalue weighted by molar-refractivity contribution is -0.120. The monoisotopic (exact) mass is 449 g/mol. The summed E-state index contributed by atoms with van der Waals surface area (Å²) < 4.78 is 37.7. The molecule has 0 aliphatic carbocycles. The fraction of sp³-hybridized carbons (Fsp3) is 0.333. The van der Waals surface area contributed by atoms with Gasteiger partial charge in [-0.15, -0.1) is 0 Å². The van der Waals surface area contributed by atoms with Crippen molar-refractivity contribution in [3.63, 3.8) is 0 Å². The molecule has 0 bridgehead atoms. The Labute approximate surface area is 182 Å². The smallest absolute Gasteiger partial charge is 0.251 e. The lowest BCUT2D eigenvalue weighted by atomic mass is 10.2. The fourth-order valence-electron chi connectivity index (χ4n) is 2.67. The van der Waals surface area contributed by atoms with Crippen LogP contribution in [-0.2, 0) is 21.4 Å². The molecular formula is C21H27N3O6S. The molecule has 0 aromatic heterocycles. The third-order valence-electron chi connectivity index (χ3n) is 4.16. The maximum atomic E-state index is 12.5. The molecule has 2 rings (SSSR count). The van der Waals surface area contributed by atoms with Gasteiger partial charge < -0.3 is 20.1 Å². The van der Waals surface area contributed by atoms with E-state index >= 15 is 0 Å². The molecule has 168 valence electrons. The second-order valence-corrected chi connectivity index (χ2v) is 8.63. The van der Waals surface area contributed by atoms with Gasteiger partial charge >= 0.3 is 0 Å². The van der Waals surface area contributed by atoms with E-state index in [1.807, 2.05) is 12.1 Å². The van der Waals surface area contributed by atoms with E-state index in [4.69, 9.17) is 9.47 Å². The zero-order valence-corrected chi connectivity index (χ0v) is 18.7. The molecule has 9 nitrogen and oxygen atoms in total. The Bertz CT molecular complexity index is 1020. The van der Waals surface area contributed by atoms with Crippen molar-refractivity contribution in [3.8, 4) is 11.5 Å². The van der Waals surface area contributed by atoms with Gasteiger partial charge in [-0.05, 0) is 49.7 Å². The average Bonchev–Trinajstić information content (AvgIpc) is 2.75. The number of ether oxygens (including phenoxy) is 2. The molecule has 2 aromatic carbocycles. The van der Waals surface area contributed by atoms with Gasteiger partial charge in [0.1, 0.15) is 16.4 Å². The summed E-state index contributed by atoms with van der Waals surface area (Å²) >= 11 is 0. The van der Waals surface area contributed by atoms with Gasteiger partial charge in [0, 0.05) is 18.2 Å². The van der Waals surface area contributed by atoms with Crippen LogP contribution >= 0.6 is 0 Å². The van der Waals surface area contributed by atoms with E-state index in [1.54, 1.807) is 33.1 Å². The highest BCUT2D eigenvalue weighted by atomic mass is 32.2. The molecule has 0 saturated heterocycles. The lowest BCUT2D eigenvalue weighted by Gasteiger charge is -2.14. The Hall–Kier alpha value is -3.11. The molecule has 3 N–H and O–H groups in total. The summed E-state index contributed by atoms with van der Waals surface area (Å²) in [4.78, 5) is 24.3. The van der Waals surface area contributed by atoms with Crippen LogP contribution in [0.25, 0.3) is 0 Å². The van der Waals surface area contributed by atoms with Crippen molar-refractivity contribution in [2.75, 3.05) is 20.8 Å². The molecule has 0 spiro atoms. The minimum absolute atomic E-state index is 0.0906. The van der Waals surface area contributed by atoms with Crippen molar-refractivity contribution in [1.82, 2.24) is 15.4 Å². The zero-order valence-electron chi connectivity index (χ0n) is 17.9. The van der Waals surface area contributed by atoms with Gasteiger partial charge in [-0.25, -0.2) is 13.1 Å². The maximum absolute atomic E-state index is 12.5. The first-order chi connectivity index (χ1) is 14.7. The minimum atomic E-state index is -3.88. The molecule has 31 heavy (non-hydrogen) atoms. The van der Waals surface area contributed by atoms with E-state index in [0.717, 1.165) is 5.56 Å². The number of sulfonamides is 1. The van der Waals surface area contributed by atoms with E-state index in [0.29, 0.717) is 12.3 Å². The van der Waals surface area contributed by atoms with Crippen molar-refractivity contribution in [3.05, 3.63) is 53.6 Å². The number of nitrogens with one attached hydrogen (secondary N) is 3. The number of benzene rings is 2. The first-order valence-electron chi connectivity index (χ1n) is 9.54. The lowest BCUT2D eigenvalue weighted by Crippen LogP contribution is -2.36. The molecule has 10 heteroatoms. The average molecular weight is 450 g/mol. The summed E-state index contributed by atoms with van der Waals surface area (Å²) in [6, 6.07) is 10.9. The highest BCUT2D eigenvalue weighted by Gasteiger charge is 2.22. The third-order valence-corrected chi connectivity index (χ3v) is 5.84. The van der Waals surface area contributed by atoms with Crippen molar-refractivity contribution in [2.45, 2.75) is 31.3 Å². The summed E-state index contributed by atoms with van der Waals surface area (Å²) in [6.45, 7) is 3.41. The Morgan fingerprint density at radius 3 is 2.23 bits per heavy atom. The number of rotatable bonds is 10. The summed E-state index contributed by atoms with van der Waals surface area (Å²) in [5.74, 6) is -0.135. The standard InChI is InChI=1S/C21H27N3O6S/c1-14(2)24-31(27,28)19-11-16(7-10-18(19)30-4)21(26)23-13-20(25)22-12-15-5-8-17(29-3)9-6-15/h5-11,14,24H,12-13H2,1-4H3,(H,22,25)(H,23,26). The van der Waals surface area contributed by atoms with Crippen LogP contribution in [-0.4, -0.2) is 47.0 Å². The van der Waals surface area contributed by atoms with E-state index in [9.17, 15) is 18.0 Å². The Kier molecular flexibility index (Phi) is 8.40. The number of methoxy groups -OCH3 is 2. The van der Waals surface area contributed by atoms with Crippen LogP contribution in [0, 0.1) is 0 Å². The number of hydrogen-bond donors (Lipinski definition) is 3. The van der Waals surface area contributed by atoms with E-state index < -0.39 is 15.9 Å². The molecule has 0 heterocycles. The van der Waals surface area contributed by atoms with Crippen LogP contribution in [0.1, 0.15) is 29.8 Å². The molecule has 2 amide bonds. The molecule has 0 atom stereocenters. The van der Waals surface area contributed by atoms with Crippen LogP contribution in [0.3, 0.4) is 0 Å². The van der Waals surface area contributed by atoms with Crippen molar-refractivity contribution < 1.29 is 27.5 Å². The highest BCUT2D eigenvalue weighted by Crippen LogP contribution is 2.25. The molecular weight excluding hydrogens is 422 g/mol. The molecule has 2 aromatic rings. The van der Waals surface area contributed by atoms with Crippen LogP contribution in [0.2, 0.25) is 0 Å². The molecule has 0 aliphatic heterocycles. The van der Waals surface area contributed by atoms with Gasteiger partial charge in [0.2, 0.25) is 15.9 Å². The second kappa shape index (κ2) is 10.8. The van der Waals surface area contributed by atoms with E-state index in [-0.39, 0.29) is 34.7 Å². The van der Waals surface area contributed by atoms with Crippen LogP contribution in [0.4, 0.5) is 0 Å². The molecule has 0 saturated carbocycles. The zero-order chi connectivity index (χ0) is 23.0. The van der Waals surface area contributed by atoms with Gasteiger partial charge in [0.25, 0.3) is 5.91 Å². The topological polar surface area (TPSA) is 123 Å². The molecule has 0 aliphatic rings. The Morgan fingerprint density at radius 1 is 0.968 bits per heavy atom. The van der Waals surface area contributed by atoms with Gasteiger partial charge in [-0.1, -0.05) is 12.1 Å². The van der Waals surface area contributed by atoms with E-state index in [2.05, 4.69) is 15.4 Å². The van der Waals surface area contributed by atoms with Gasteiger partial charge in [-0.2, -0.15) is 0 Å². The predicted octanol–water partition coefficient (Wildman–Crippen LogP) is 1.44. The van der Waals surface area contributed by atoms with Gasteiger partial charge in [0.15, 0.2) is 0 Å². The minimum Gasteiger partial charge on any atom is -0.497 e. The Morgan fingerprint density at radius 2 is 1.65 bits per heavy atom. The number of carbonyl (C=O) groups excluding carboxylic acids is 2. The number of carbonyl (C=O) groups is 2. The maximum Gasteiger partial charge on any atom is 0.251 e. The second-order valence-electron chi connectivity index (χ2n) is 6.95. The van der Waals surface area contributed by atoms with Crippen LogP contribution < -0.4 is 24.8 Å². The molecule has 0 radical (unpaired) electrons. The highest BCUT2D eigenvalue weighted by molar-refractivity contribution is 7.89. The summed E-state index contributed by atoms with van der Waals surface area (Å²) in [5, 5.41) is 5.18. The van der Waals surface area contributed by atoms with Gasteiger partial charge in [0.05, 0.1) is 20.8 Å². The Balaban J connectivity index is 1.99. The van der Waals surface area contributed by atoms with Crippen LogP contribution in [0.15, 0.2) is 47.4 Å².